The lowest BCUT2D eigenvalue weighted by atomic mass is 9.80. The molecule has 1 aromatic rings. The summed E-state index contributed by atoms with van der Waals surface area (Å²) in [4.78, 5) is 2.46. The topological polar surface area (TPSA) is 35.5 Å². The second kappa shape index (κ2) is 9.09. The number of halogens is 4. The molecule has 7 heteroatoms. The number of hydrogen-bond donors (Lipinski definition) is 2. The summed E-state index contributed by atoms with van der Waals surface area (Å²) >= 11 is 7.05. The number of benzene rings is 1. The Morgan fingerprint density at radius 3 is 2.14 bits per heavy atom. The lowest BCUT2D eigenvalue weighted by Crippen LogP contribution is -2.48. The van der Waals surface area contributed by atoms with E-state index in [2.05, 4.69) is 62.8 Å². The molecule has 1 saturated heterocycles. The number of aromatic hydroxyl groups is 1. The van der Waals surface area contributed by atoms with Crippen LogP contribution in [-0.2, 0) is 0 Å². The van der Waals surface area contributed by atoms with Gasteiger partial charge in [-0.3, -0.25) is 4.90 Å². The van der Waals surface area contributed by atoms with Crippen LogP contribution < -0.4 is 5.32 Å². The van der Waals surface area contributed by atoms with Crippen LogP contribution in [0.25, 0.3) is 0 Å². The van der Waals surface area contributed by atoms with Gasteiger partial charge in [-0.15, -0.1) is 24.8 Å². The maximum Gasteiger partial charge on any atom is 0.122 e. The first-order valence-electron chi connectivity index (χ1n) is 6.93. The van der Waals surface area contributed by atoms with E-state index in [4.69, 9.17) is 0 Å². The summed E-state index contributed by atoms with van der Waals surface area (Å²) in [5.41, 5.74) is 1.04. The van der Waals surface area contributed by atoms with Crippen LogP contribution >= 0.6 is 56.7 Å². The molecule has 1 fully saturated rings. The van der Waals surface area contributed by atoms with E-state index < -0.39 is 0 Å². The van der Waals surface area contributed by atoms with E-state index in [9.17, 15) is 5.11 Å². The van der Waals surface area contributed by atoms with E-state index in [-0.39, 0.29) is 36.3 Å². The number of phenols is 1. The highest BCUT2D eigenvalue weighted by atomic mass is 79.9. The van der Waals surface area contributed by atoms with Gasteiger partial charge in [-0.25, -0.2) is 0 Å². The molecule has 0 aliphatic carbocycles. The van der Waals surface area contributed by atoms with Crippen molar-refractivity contribution in [2.45, 2.75) is 26.8 Å². The molecule has 0 amide bonds. The first-order valence-corrected chi connectivity index (χ1v) is 8.52. The number of hydrogen-bond acceptors (Lipinski definition) is 3. The summed E-state index contributed by atoms with van der Waals surface area (Å²) in [6.07, 6.45) is 0. The van der Waals surface area contributed by atoms with Crippen molar-refractivity contribution in [3.05, 3.63) is 26.6 Å². The Balaban J connectivity index is 0.00000220. The van der Waals surface area contributed by atoms with Gasteiger partial charge in [-0.1, -0.05) is 52.6 Å². The highest BCUT2D eigenvalue weighted by Gasteiger charge is 2.35. The van der Waals surface area contributed by atoms with Crippen LogP contribution in [0.5, 0.6) is 5.75 Å². The van der Waals surface area contributed by atoms with Gasteiger partial charge in [0.05, 0.1) is 0 Å². The molecule has 22 heavy (non-hydrogen) atoms. The lowest BCUT2D eigenvalue weighted by molar-refractivity contribution is 0.0837. The smallest absolute Gasteiger partial charge is 0.122 e. The lowest BCUT2D eigenvalue weighted by Gasteiger charge is -2.43. The van der Waals surface area contributed by atoms with E-state index >= 15 is 0 Å². The van der Waals surface area contributed by atoms with Gasteiger partial charge in [0.25, 0.3) is 0 Å². The van der Waals surface area contributed by atoms with Crippen molar-refractivity contribution in [2.24, 2.45) is 5.41 Å². The summed E-state index contributed by atoms with van der Waals surface area (Å²) in [7, 11) is 0. The molecule has 0 bridgehead atoms. The minimum absolute atomic E-state index is 0. The van der Waals surface area contributed by atoms with Crippen LogP contribution in [-0.4, -0.2) is 36.2 Å². The fraction of sp³-hybridized carbons (Fsp3) is 0.600. The SMILES string of the molecule is CC(C)(C)[C@@H](c1c(O)cc(Br)cc1Br)N1CCNCC1.Cl.Cl. The third-order valence-corrected chi connectivity index (χ3v) is 4.80. The first-order chi connectivity index (χ1) is 9.30. The molecule has 1 heterocycles. The number of nitrogens with one attached hydrogen (secondary N) is 1. The normalized spacial score (nSPS) is 17.3. The average Bonchev–Trinajstić information content (AvgIpc) is 2.33. The molecule has 128 valence electrons. The molecular formula is C15H24Br2Cl2N2O. The largest absolute Gasteiger partial charge is 0.508 e. The van der Waals surface area contributed by atoms with Gasteiger partial charge in [0.1, 0.15) is 5.75 Å². The van der Waals surface area contributed by atoms with E-state index in [0.29, 0.717) is 5.75 Å². The zero-order valence-corrected chi connectivity index (χ0v) is 17.8. The van der Waals surface area contributed by atoms with Gasteiger partial charge in [-0.05, 0) is 17.5 Å². The van der Waals surface area contributed by atoms with Gasteiger partial charge < -0.3 is 10.4 Å². The number of phenolic OH excluding ortho intramolecular Hbond substituents is 1. The number of rotatable bonds is 2. The quantitative estimate of drug-likeness (QED) is 0.643. The minimum atomic E-state index is 0. The summed E-state index contributed by atoms with van der Waals surface area (Å²) in [5, 5.41) is 13.8. The van der Waals surface area contributed by atoms with E-state index in [0.717, 1.165) is 40.7 Å². The van der Waals surface area contributed by atoms with Crippen LogP contribution in [0.15, 0.2) is 21.1 Å². The standard InChI is InChI=1S/C15H22Br2N2O.2ClH/c1-15(2,3)14(19-6-4-18-5-7-19)13-11(17)8-10(16)9-12(13)20;;/h8-9,14,18,20H,4-7H2,1-3H3;2*1H/t14-;;/m1../s1. The van der Waals surface area contributed by atoms with Gasteiger partial charge in [0.15, 0.2) is 0 Å². The molecule has 0 radical (unpaired) electrons. The Morgan fingerprint density at radius 1 is 1.14 bits per heavy atom. The van der Waals surface area contributed by atoms with Crippen molar-refractivity contribution >= 4 is 56.7 Å². The number of piperazine rings is 1. The average molecular weight is 479 g/mol. The second-order valence-corrected chi connectivity index (χ2v) is 8.14. The molecule has 0 saturated carbocycles. The maximum absolute atomic E-state index is 10.4. The van der Waals surface area contributed by atoms with E-state index in [1.165, 1.54) is 0 Å². The highest BCUT2D eigenvalue weighted by molar-refractivity contribution is 9.11. The van der Waals surface area contributed by atoms with Crippen LogP contribution in [0.3, 0.4) is 0 Å². The summed E-state index contributed by atoms with van der Waals surface area (Å²) in [6, 6.07) is 3.98. The van der Waals surface area contributed by atoms with Crippen LogP contribution in [0.2, 0.25) is 0 Å². The molecule has 2 N–H and O–H groups in total. The molecule has 2 rings (SSSR count). The number of nitrogens with zero attached hydrogens (tertiary/aromatic N) is 1. The zero-order chi connectivity index (χ0) is 14.9. The van der Waals surface area contributed by atoms with Crippen LogP contribution in [0, 0.1) is 5.41 Å². The minimum Gasteiger partial charge on any atom is -0.508 e. The van der Waals surface area contributed by atoms with Crippen molar-refractivity contribution in [2.75, 3.05) is 26.2 Å². The van der Waals surface area contributed by atoms with E-state index in [1.807, 2.05) is 6.07 Å². The van der Waals surface area contributed by atoms with Crippen LogP contribution in [0.4, 0.5) is 0 Å². The monoisotopic (exact) mass is 476 g/mol. The predicted molar refractivity (Wildman–Crippen MR) is 105 cm³/mol. The fourth-order valence-electron chi connectivity index (χ4n) is 2.95. The molecule has 0 unspecified atom stereocenters. The molecule has 1 aliphatic heterocycles. The Bertz CT molecular complexity index is 466. The van der Waals surface area contributed by atoms with Gasteiger partial charge in [0, 0.05) is 46.7 Å². The van der Waals surface area contributed by atoms with Gasteiger partial charge in [-0.2, -0.15) is 0 Å². The first kappa shape index (κ1) is 22.5. The van der Waals surface area contributed by atoms with E-state index in [1.54, 1.807) is 6.07 Å². The van der Waals surface area contributed by atoms with Crippen molar-refractivity contribution in [3.8, 4) is 5.75 Å². The predicted octanol–water partition coefficient (Wildman–Crippen LogP) is 4.75. The third kappa shape index (κ3) is 5.25. The Kier molecular flexibility index (Phi) is 9.29. The van der Waals surface area contributed by atoms with Crippen molar-refractivity contribution < 1.29 is 5.11 Å². The zero-order valence-electron chi connectivity index (χ0n) is 13.0. The van der Waals surface area contributed by atoms with Crippen molar-refractivity contribution in [3.63, 3.8) is 0 Å². The summed E-state index contributed by atoms with van der Waals surface area (Å²) in [5.74, 6) is 0.352. The highest BCUT2D eigenvalue weighted by Crippen LogP contribution is 2.45. The Morgan fingerprint density at radius 2 is 1.68 bits per heavy atom. The van der Waals surface area contributed by atoms with Crippen molar-refractivity contribution in [1.29, 1.82) is 0 Å². The summed E-state index contributed by atoms with van der Waals surface area (Å²) in [6.45, 7) is 10.7. The molecule has 0 spiro atoms. The van der Waals surface area contributed by atoms with Gasteiger partial charge >= 0.3 is 0 Å². The fourth-order valence-corrected chi connectivity index (χ4v) is 4.37. The molecule has 1 aromatic carbocycles. The van der Waals surface area contributed by atoms with Crippen LogP contribution in [0.1, 0.15) is 32.4 Å². The molecule has 1 atom stereocenters. The Hall–Kier alpha value is 0.480. The van der Waals surface area contributed by atoms with Crippen molar-refractivity contribution in [1.82, 2.24) is 10.2 Å². The molecular weight excluding hydrogens is 455 g/mol. The maximum atomic E-state index is 10.4. The molecule has 1 aliphatic rings. The second-order valence-electron chi connectivity index (χ2n) is 6.37. The van der Waals surface area contributed by atoms with Gasteiger partial charge in [0.2, 0.25) is 0 Å². The third-order valence-electron chi connectivity index (χ3n) is 3.68. The Labute approximate surface area is 162 Å². The molecule has 0 aromatic heterocycles. The summed E-state index contributed by atoms with van der Waals surface area (Å²) < 4.78 is 1.85. The molecule has 3 nitrogen and oxygen atoms in total.